The van der Waals surface area contributed by atoms with Gasteiger partial charge in [-0.2, -0.15) is 0 Å². The molecule has 0 radical (unpaired) electrons. The molecule has 2 aromatic rings. The molecule has 1 fully saturated rings. The van der Waals surface area contributed by atoms with Gasteiger partial charge >= 0.3 is 0 Å². The third kappa shape index (κ3) is 2.60. The van der Waals surface area contributed by atoms with Crippen molar-refractivity contribution in [2.24, 2.45) is 0 Å². The number of rotatable bonds is 4. The molecule has 1 N–H and O–H groups in total. The molecule has 1 aromatic carbocycles. The van der Waals surface area contributed by atoms with E-state index >= 15 is 0 Å². The average molecular weight is 275 g/mol. The van der Waals surface area contributed by atoms with Crippen LogP contribution in [0.1, 0.15) is 25.7 Å². The smallest absolute Gasteiger partial charge is 0.178 e. The highest BCUT2D eigenvalue weighted by atomic mass is 32.1. The Balaban J connectivity index is 1.74. The first kappa shape index (κ1) is 12.9. The van der Waals surface area contributed by atoms with E-state index in [1.54, 1.807) is 0 Å². The molecule has 1 aliphatic carbocycles. The first-order chi connectivity index (χ1) is 9.25. The van der Waals surface area contributed by atoms with E-state index in [0.29, 0.717) is 0 Å². The monoisotopic (exact) mass is 275 g/mol. The second-order valence-corrected chi connectivity index (χ2v) is 5.90. The van der Waals surface area contributed by atoms with Crippen molar-refractivity contribution >= 4 is 23.3 Å². The molecule has 3 rings (SSSR count). The van der Waals surface area contributed by atoms with Crippen molar-refractivity contribution < 1.29 is 0 Å². The highest BCUT2D eigenvalue weighted by Crippen LogP contribution is 2.22. The number of aromatic nitrogens is 2. The lowest BCUT2D eigenvalue weighted by Gasteiger charge is -2.24. The SMILES string of the molecule is CN(CCn1c(=S)[nH]c2ccccc21)C1CCCC1. The minimum Gasteiger partial charge on any atom is -0.331 e. The number of imidazole rings is 1. The van der Waals surface area contributed by atoms with E-state index in [9.17, 15) is 0 Å². The van der Waals surface area contributed by atoms with E-state index in [-0.39, 0.29) is 0 Å². The Morgan fingerprint density at radius 1 is 1.32 bits per heavy atom. The molecule has 1 aliphatic rings. The van der Waals surface area contributed by atoms with Crippen LogP contribution < -0.4 is 0 Å². The minimum absolute atomic E-state index is 0.777. The number of hydrogen-bond donors (Lipinski definition) is 1. The minimum atomic E-state index is 0.777. The molecule has 4 heteroatoms. The van der Waals surface area contributed by atoms with E-state index < -0.39 is 0 Å². The highest BCUT2D eigenvalue weighted by molar-refractivity contribution is 7.71. The predicted molar refractivity (Wildman–Crippen MR) is 82.0 cm³/mol. The van der Waals surface area contributed by atoms with Gasteiger partial charge in [-0.3, -0.25) is 0 Å². The molecule has 19 heavy (non-hydrogen) atoms. The summed E-state index contributed by atoms with van der Waals surface area (Å²) in [5.41, 5.74) is 2.35. The third-order valence-electron chi connectivity index (χ3n) is 4.31. The molecule has 0 saturated heterocycles. The van der Waals surface area contributed by atoms with Crippen molar-refractivity contribution in [3.63, 3.8) is 0 Å². The Labute approximate surface area is 119 Å². The topological polar surface area (TPSA) is 24.0 Å². The molecule has 0 spiro atoms. The molecule has 1 saturated carbocycles. The molecule has 0 bridgehead atoms. The number of fused-ring (bicyclic) bond motifs is 1. The lowest BCUT2D eigenvalue weighted by Crippen LogP contribution is -2.32. The van der Waals surface area contributed by atoms with Crippen LogP contribution in [0.25, 0.3) is 11.0 Å². The molecule has 0 amide bonds. The third-order valence-corrected chi connectivity index (χ3v) is 4.63. The van der Waals surface area contributed by atoms with Gasteiger partial charge in [0.2, 0.25) is 0 Å². The van der Waals surface area contributed by atoms with Crippen LogP contribution in [0.2, 0.25) is 0 Å². The number of likely N-dealkylation sites (N-methyl/N-ethyl adjacent to an activating group) is 1. The largest absolute Gasteiger partial charge is 0.331 e. The molecule has 1 heterocycles. The molecule has 3 nitrogen and oxygen atoms in total. The maximum atomic E-state index is 5.43. The van der Waals surface area contributed by atoms with E-state index in [4.69, 9.17) is 12.2 Å². The number of hydrogen-bond acceptors (Lipinski definition) is 2. The summed E-state index contributed by atoms with van der Waals surface area (Å²) in [6.45, 7) is 2.04. The summed E-state index contributed by atoms with van der Waals surface area (Å²) in [7, 11) is 2.24. The standard InChI is InChI=1S/C15H21N3S/c1-17(12-6-2-3-7-12)10-11-18-14-9-5-4-8-13(14)16-15(18)19/h4-5,8-9,12H,2-3,6-7,10-11H2,1H3,(H,16,19). The number of aromatic amines is 1. The van der Waals surface area contributed by atoms with Gasteiger partial charge in [0.25, 0.3) is 0 Å². The van der Waals surface area contributed by atoms with Crippen molar-refractivity contribution in [3.8, 4) is 0 Å². The predicted octanol–water partition coefficient (Wildman–Crippen LogP) is 3.57. The van der Waals surface area contributed by atoms with E-state index in [2.05, 4.69) is 39.7 Å². The summed E-state index contributed by atoms with van der Waals surface area (Å²) in [6, 6.07) is 9.11. The highest BCUT2D eigenvalue weighted by Gasteiger charge is 2.19. The Morgan fingerprint density at radius 2 is 2.05 bits per heavy atom. The molecule has 0 unspecified atom stereocenters. The van der Waals surface area contributed by atoms with Crippen LogP contribution in [-0.2, 0) is 6.54 Å². The summed E-state index contributed by atoms with van der Waals surface area (Å²) in [5.74, 6) is 0. The quantitative estimate of drug-likeness (QED) is 0.862. The fourth-order valence-electron chi connectivity index (χ4n) is 3.11. The number of benzene rings is 1. The van der Waals surface area contributed by atoms with Crippen LogP contribution in [0.5, 0.6) is 0 Å². The van der Waals surface area contributed by atoms with Gasteiger partial charge in [-0.1, -0.05) is 25.0 Å². The van der Waals surface area contributed by atoms with E-state index in [1.165, 1.54) is 31.2 Å². The van der Waals surface area contributed by atoms with Crippen LogP contribution in [0.3, 0.4) is 0 Å². The number of nitrogens with one attached hydrogen (secondary N) is 1. The Kier molecular flexibility index (Phi) is 3.71. The molecule has 0 atom stereocenters. The summed E-state index contributed by atoms with van der Waals surface area (Å²) in [4.78, 5) is 5.78. The van der Waals surface area contributed by atoms with Crippen molar-refractivity contribution in [2.45, 2.75) is 38.3 Å². The maximum absolute atomic E-state index is 5.43. The van der Waals surface area contributed by atoms with Gasteiger partial charge < -0.3 is 14.5 Å². The molecular formula is C15H21N3S. The normalized spacial score (nSPS) is 16.7. The fourth-order valence-corrected chi connectivity index (χ4v) is 3.41. The summed E-state index contributed by atoms with van der Waals surface area (Å²) in [6.07, 6.45) is 5.49. The zero-order valence-corrected chi connectivity index (χ0v) is 12.2. The number of H-pyrrole nitrogens is 1. The molecule has 1 aromatic heterocycles. The molecular weight excluding hydrogens is 254 g/mol. The van der Waals surface area contributed by atoms with E-state index in [1.807, 2.05) is 6.07 Å². The van der Waals surface area contributed by atoms with Crippen LogP contribution in [0.15, 0.2) is 24.3 Å². The van der Waals surface area contributed by atoms with Crippen molar-refractivity contribution in [3.05, 3.63) is 29.0 Å². The second-order valence-electron chi connectivity index (χ2n) is 5.52. The van der Waals surface area contributed by atoms with Crippen molar-refractivity contribution in [1.29, 1.82) is 0 Å². The zero-order chi connectivity index (χ0) is 13.2. The Hall–Kier alpha value is -1.13. The van der Waals surface area contributed by atoms with E-state index in [0.717, 1.165) is 29.4 Å². The fraction of sp³-hybridized carbons (Fsp3) is 0.533. The van der Waals surface area contributed by atoms with Gasteiger partial charge in [0.05, 0.1) is 11.0 Å². The summed E-state index contributed by atoms with van der Waals surface area (Å²) < 4.78 is 3.05. The lowest BCUT2D eigenvalue weighted by molar-refractivity contribution is 0.237. The van der Waals surface area contributed by atoms with Crippen LogP contribution in [0.4, 0.5) is 0 Å². The zero-order valence-electron chi connectivity index (χ0n) is 11.4. The van der Waals surface area contributed by atoms with Crippen LogP contribution in [-0.4, -0.2) is 34.1 Å². The maximum Gasteiger partial charge on any atom is 0.178 e. The van der Waals surface area contributed by atoms with Gasteiger partial charge in [-0.05, 0) is 44.2 Å². The summed E-state index contributed by atoms with van der Waals surface area (Å²) >= 11 is 5.43. The number of nitrogens with zero attached hydrogens (tertiary/aromatic N) is 2. The first-order valence-electron chi connectivity index (χ1n) is 7.13. The van der Waals surface area contributed by atoms with Crippen LogP contribution in [0, 0.1) is 4.77 Å². The van der Waals surface area contributed by atoms with Gasteiger partial charge in [0.1, 0.15) is 0 Å². The van der Waals surface area contributed by atoms with Crippen LogP contribution >= 0.6 is 12.2 Å². The van der Waals surface area contributed by atoms with Gasteiger partial charge in [-0.25, -0.2) is 0 Å². The number of para-hydroxylation sites is 2. The summed E-state index contributed by atoms with van der Waals surface area (Å²) in [5, 5.41) is 0. The van der Waals surface area contributed by atoms with Gasteiger partial charge in [-0.15, -0.1) is 0 Å². The first-order valence-corrected chi connectivity index (χ1v) is 7.54. The lowest BCUT2D eigenvalue weighted by atomic mass is 10.2. The molecule has 102 valence electrons. The average Bonchev–Trinajstić information content (AvgIpc) is 3.03. The van der Waals surface area contributed by atoms with Crippen molar-refractivity contribution in [2.75, 3.05) is 13.6 Å². The Morgan fingerprint density at radius 3 is 2.84 bits per heavy atom. The Bertz CT molecular complexity index is 607. The van der Waals surface area contributed by atoms with Gasteiger partial charge in [0, 0.05) is 19.1 Å². The second kappa shape index (κ2) is 5.47. The van der Waals surface area contributed by atoms with Gasteiger partial charge in [0.15, 0.2) is 4.77 Å². The van der Waals surface area contributed by atoms with Crippen molar-refractivity contribution in [1.82, 2.24) is 14.5 Å². The molecule has 0 aliphatic heterocycles.